The molecule has 0 saturated carbocycles. The predicted octanol–water partition coefficient (Wildman–Crippen LogP) is 4.32. The molecule has 3 aromatic rings. The molecule has 5 rings (SSSR count). The Morgan fingerprint density at radius 3 is 2.79 bits per heavy atom. The number of aromatic nitrogens is 1. The fraction of sp³-hybridized carbons (Fsp3) is 0.280. The summed E-state index contributed by atoms with van der Waals surface area (Å²) in [6, 6.07) is 12.9. The van der Waals surface area contributed by atoms with E-state index in [1.165, 1.54) is 4.90 Å². The Bertz CT molecular complexity index is 1250. The average molecular weight is 447 g/mol. The standard InChI is InChI=1S/C25H25N3O5/c1-2-31-24(29)19-15-28(11-10-18-17-6-3-4-7-20(17)27-23(18)19)25(30)26-16-8-9-21-22(14-16)33-13-5-12-32-21/h3-4,6-9,14-15,27H,2,5,10-13H2,1H3,(H,26,30). The van der Waals surface area contributed by atoms with Crippen molar-refractivity contribution < 1.29 is 23.8 Å². The molecule has 0 bridgehead atoms. The molecular formula is C25H25N3O5. The molecule has 170 valence electrons. The number of benzene rings is 2. The van der Waals surface area contributed by atoms with Crippen LogP contribution in [0, 0.1) is 0 Å². The number of H-pyrrole nitrogens is 1. The molecule has 2 amide bonds. The number of hydrogen-bond acceptors (Lipinski definition) is 5. The number of esters is 1. The number of rotatable bonds is 3. The fourth-order valence-electron chi connectivity index (χ4n) is 4.17. The summed E-state index contributed by atoms with van der Waals surface area (Å²) in [5.74, 6) is 0.793. The maximum Gasteiger partial charge on any atom is 0.341 e. The van der Waals surface area contributed by atoms with Gasteiger partial charge in [-0.05, 0) is 37.1 Å². The van der Waals surface area contributed by atoms with Crippen LogP contribution >= 0.6 is 0 Å². The van der Waals surface area contributed by atoms with Gasteiger partial charge in [-0.25, -0.2) is 9.59 Å². The van der Waals surface area contributed by atoms with Gasteiger partial charge in [0.2, 0.25) is 0 Å². The van der Waals surface area contributed by atoms with Gasteiger partial charge in [0, 0.05) is 41.8 Å². The molecule has 2 N–H and O–H groups in total. The number of nitrogens with one attached hydrogen (secondary N) is 2. The van der Waals surface area contributed by atoms with E-state index in [9.17, 15) is 9.59 Å². The summed E-state index contributed by atoms with van der Waals surface area (Å²) in [4.78, 5) is 30.8. The van der Waals surface area contributed by atoms with Gasteiger partial charge in [-0.1, -0.05) is 18.2 Å². The van der Waals surface area contributed by atoms with E-state index in [0.29, 0.717) is 54.6 Å². The summed E-state index contributed by atoms with van der Waals surface area (Å²) in [7, 11) is 0. The van der Waals surface area contributed by atoms with E-state index in [1.54, 1.807) is 31.3 Å². The first-order valence-corrected chi connectivity index (χ1v) is 11.1. The van der Waals surface area contributed by atoms with Crippen LogP contribution in [0.3, 0.4) is 0 Å². The zero-order chi connectivity index (χ0) is 22.8. The average Bonchev–Trinajstić information content (AvgIpc) is 2.95. The number of carbonyl (C=O) groups is 2. The minimum Gasteiger partial charge on any atom is -0.490 e. The minimum absolute atomic E-state index is 0.245. The Labute approximate surface area is 191 Å². The summed E-state index contributed by atoms with van der Waals surface area (Å²) < 4.78 is 16.7. The summed E-state index contributed by atoms with van der Waals surface area (Å²) >= 11 is 0. The second kappa shape index (κ2) is 8.90. The van der Waals surface area contributed by atoms with Gasteiger partial charge in [0.1, 0.15) is 0 Å². The summed E-state index contributed by atoms with van der Waals surface area (Å²) in [6.45, 7) is 3.58. The van der Waals surface area contributed by atoms with Gasteiger partial charge >= 0.3 is 12.0 Å². The van der Waals surface area contributed by atoms with Gasteiger partial charge in [0.25, 0.3) is 0 Å². The van der Waals surface area contributed by atoms with Crippen LogP contribution in [0.25, 0.3) is 16.5 Å². The Kier molecular flexibility index (Phi) is 5.64. The maximum atomic E-state index is 13.2. The zero-order valence-corrected chi connectivity index (χ0v) is 18.3. The van der Waals surface area contributed by atoms with Gasteiger partial charge < -0.3 is 24.5 Å². The highest BCUT2D eigenvalue weighted by Crippen LogP contribution is 2.34. The number of anilines is 1. The second-order valence-corrected chi connectivity index (χ2v) is 7.87. The highest BCUT2D eigenvalue weighted by Gasteiger charge is 2.27. The monoisotopic (exact) mass is 447 g/mol. The molecule has 0 unspecified atom stereocenters. The van der Waals surface area contributed by atoms with Crippen molar-refractivity contribution in [1.29, 1.82) is 0 Å². The van der Waals surface area contributed by atoms with Crippen LogP contribution in [0.15, 0.2) is 48.7 Å². The van der Waals surface area contributed by atoms with Crippen molar-refractivity contribution >= 4 is 34.2 Å². The number of carbonyl (C=O) groups excluding carboxylic acids is 2. The number of hydrogen-bond donors (Lipinski definition) is 2. The van der Waals surface area contributed by atoms with Crippen molar-refractivity contribution in [2.75, 3.05) is 31.7 Å². The third-order valence-electron chi connectivity index (χ3n) is 5.73. The van der Waals surface area contributed by atoms with E-state index in [4.69, 9.17) is 14.2 Å². The third kappa shape index (κ3) is 4.11. The number of nitrogens with zero attached hydrogens (tertiary/aromatic N) is 1. The molecule has 33 heavy (non-hydrogen) atoms. The SMILES string of the molecule is CCOC(=O)C1=CN(C(=O)Nc2ccc3c(c2)OCCCO3)CCc2c1[nH]c1ccccc21. The number of ether oxygens (including phenoxy) is 3. The molecule has 1 aromatic heterocycles. The Balaban J connectivity index is 1.44. The molecule has 2 aliphatic heterocycles. The summed E-state index contributed by atoms with van der Waals surface area (Å²) in [5.41, 5.74) is 3.55. The van der Waals surface area contributed by atoms with Crippen molar-refractivity contribution in [1.82, 2.24) is 9.88 Å². The number of aromatic amines is 1. The first kappa shape index (κ1) is 20.9. The van der Waals surface area contributed by atoms with Gasteiger partial charge in [-0.3, -0.25) is 4.90 Å². The molecule has 0 atom stereocenters. The van der Waals surface area contributed by atoms with E-state index in [2.05, 4.69) is 10.3 Å². The lowest BCUT2D eigenvalue weighted by Gasteiger charge is -2.19. The predicted molar refractivity (Wildman–Crippen MR) is 124 cm³/mol. The normalized spacial score (nSPS) is 15.2. The van der Waals surface area contributed by atoms with Crippen molar-refractivity contribution in [3.8, 4) is 11.5 Å². The second-order valence-electron chi connectivity index (χ2n) is 7.87. The molecule has 0 fully saturated rings. The van der Waals surface area contributed by atoms with Crippen molar-refractivity contribution in [2.45, 2.75) is 19.8 Å². The van der Waals surface area contributed by atoms with E-state index < -0.39 is 5.97 Å². The van der Waals surface area contributed by atoms with Crippen LogP contribution in [0.4, 0.5) is 10.5 Å². The fourth-order valence-corrected chi connectivity index (χ4v) is 4.17. The van der Waals surface area contributed by atoms with Crippen LogP contribution in [0.2, 0.25) is 0 Å². The van der Waals surface area contributed by atoms with Crippen molar-refractivity contribution in [3.63, 3.8) is 0 Å². The number of fused-ring (bicyclic) bond motifs is 4. The van der Waals surface area contributed by atoms with E-state index in [1.807, 2.05) is 24.3 Å². The lowest BCUT2D eigenvalue weighted by molar-refractivity contribution is -0.136. The first-order valence-electron chi connectivity index (χ1n) is 11.1. The van der Waals surface area contributed by atoms with Gasteiger partial charge in [-0.15, -0.1) is 0 Å². The molecule has 0 spiro atoms. The van der Waals surface area contributed by atoms with Crippen molar-refractivity contribution in [3.05, 3.63) is 59.9 Å². The molecule has 0 aliphatic carbocycles. The zero-order valence-electron chi connectivity index (χ0n) is 18.3. The molecular weight excluding hydrogens is 422 g/mol. The lowest BCUT2D eigenvalue weighted by atomic mass is 10.0. The Hall–Kier alpha value is -3.94. The quantitative estimate of drug-likeness (QED) is 0.583. The topological polar surface area (TPSA) is 92.9 Å². The van der Waals surface area contributed by atoms with E-state index >= 15 is 0 Å². The van der Waals surface area contributed by atoms with E-state index in [-0.39, 0.29) is 12.6 Å². The lowest BCUT2D eigenvalue weighted by Crippen LogP contribution is -2.32. The van der Waals surface area contributed by atoms with Crippen molar-refractivity contribution in [2.24, 2.45) is 0 Å². The number of para-hydroxylation sites is 1. The number of urea groups is 1. The molecule has 0 saturated heterocycles. The third-order valence-corrected chi connectivity index (χ3v) is 5.73. The molecule has 8 heteroatoms. The first-order chi connectivity index (χ1) is 16.1. The van der Waals surface area contributed by atoms with Gasteiger partial charge in [0.15, 0.2) is 11.5 Å². The smallest absolute Gasteiger partial charge is 0.341 e. The van der Waals surface area contributed by atoms with Crippen LogP contribution < -0.4 is 14.8 Å². The van der Waals surface area contributed by atoms with Gasteiger partial charge in [-0.2, -0.15) is 0 Å². The van der Waals surface area contributed by atoms with E-state index in [0.717, 1.165) is 22.9 Å². The van der Waals surface area contributed by atoms with Crippen LogP contribution in [0.5, 0.6) is 11.5 Å². The largest absolute Gasteiger partial charge is 0.490 e. The van der Waals surface area contributed by atoms with Crippen LogP contribution in [-0.2, 0) is 16.0 Å². The highest BCUT2D eigenvalue weighted by molar-refractivity contribution is 6.18. The minimum atomic E-state index is -0.472. The molecule has 0 radical (unpaired) electrons. The highest BCUT2D eigenvalue weighted by atomic mass is 16.5. The maximum absolute atomic E-state index is 13.2. The molecule has 8 nitrogen and oxygen atoms in total. The molecule has 2 aliphatic rings. The summed E-state index contributed by atoms with van der Waals surface area (Å²) in [6.07, 6.45) is 2.96. The summed E-state index contributed by atoms with van der Waals surface area (Å²) in [5, 5.41) is 3.94. The van der Waals surface area contributed by atoms with Gasteiger partial charge in [0.05, 0.1) is 31.1 Å². The molecule has 3 heterocycles. The van der Waals surface area contributed by atoms with Crippen LogP contribution in [0.1, 0.15) is 24.6 Å². The Morgan fingerprint density at radius 1 is 1.12 bits per heavy atom. The van der Waals surface area contributed by atoms with Crippen LogP contribution in [-0.4, -0.2) is 48.2 Å². The number of amides is 2. The Morgan fingerprint density at radius 2 is 1.94 bits per heavy atom. The molecule has 2 aromatic carbocycles.